The average molecular weight is 299 g/mol. The molecule has 1 N–H and O–H groups in total. The molecule has 0 saturated heterocycles. The number of carbonyl (C=O) groups is 1. The van der Waals surface area contributed by atoms with Gasteiger partial charge in [0, 0.05) is 12.3 Å². The zero-order valence-corrected chi connectivity index (χ0v) is 13.2. The molecule has 110 valence electrons. The van der Waals surface area contributed by atoms with E-state index >= 15 is 0 Å². The predicted octanol–water partition coefficient (Wildman–Crippen LogP) is 3.59. The first-order valence-electron chi connectivity index (χ1n) is 7.18. The van der Waals surface area contributed by atoms with Crippen LogP contribution in [0.25, 0.3) is 0 Å². The summed E-state index contributed by atoms with van der Waals surface area (Å²) in [5, 5.41) is 2.97. The summed E-state index contributed by atoms with van der Waals surface area (Å²) in [6.45, 7) is 2.81. The summed E-state index contributed by atoms with van der Waals surface area (Å²) in [4.78, 5) is 11.8. The summed E-state index contributed by atoms with van der Waals surface area (Å²) < 4.78 is 0. The van der Waals surface area contributed by atoms with E-state index in [-0.39, 0.29) is 5.91 Å². The first kappa shape index (κ1) is 15.6. The lowest BCUT2D eigenvalue weighted by Crippen LogP contribution is -2.27. The summed E-state index contributed by atoms with van der Waals surface area (Å²) in [5.41, 5.74) is 3.85. The fraction of sp³-hybridized carbons (Fsp3) is 0.278. The smallest absolute Gasteiger partial charge is 0.230 e. The molecule has 0 spiro atoms. The number of amides is 1. The Hall–Kier alpha value is -1.74. The van der Waals surface area contributed by atoms with E-state index in [9.17, 15) is 4.79 Å². The number of hydrogen-bond acceptors (Lipinski definition) is 2. The molecule has 21 heavy (non-hydrogen) atoms. The zero-order valence-electron chi connectivity index (χ0n) is 12.3. The van der Waals surface area contributed by atoms with E-state index < -0.39 is 0 Å². The van der Waals surface area contributed by atoms with Crippen LogP contribution in [0.15, 0.2) is 54.6 Å². The Morgan fingerprint density at radius 2 is 1.76 bits per heavy atom. The van der Waals surface area contributed by atoms with E-state index in [1.54, 1.807) is 11.8 Å². The number of carbonyl (C=O) groups excluding carboxylic acids is 1. The number of hydrogen-bond donors (Lipinski definition) is 1. The zero-order chi connectivity index (χ0) is 14.9. The molecular formula is C18H21NOS. The molecule has 2 rings (SSSR count). The molecule has 0 atom stereocenters. The summed E-state index contributed by atoms with van der Waals surface area (Å²) in [5.74, 6) is 1.52. The van der Waals surface area contributed by atoms with Crippen molar-refractivity contribution in [1.29, 1.82) is 0 Å². The maximum absolute atomic E-state index is 11.8. The van der Waals surface area contributed by atoms with Gasteiger partial charge in [-0.2, -0.15) is 0 Å². The van der Waals surface area contributed by atoms with Gasteiger partial charge >= 0.3 is 0 Å². The lowest BCUT2D eigenvalue weighted by molar-refractivity contribution is -0.118. The third kappa shape index (κ3) is 5.64. The minimum Gasteiger partial charge on any atom is -0.355 e. The van der Waals surface area contributed by atoms with Crippen molar-refractivity contribution in [3.8, 4) is 0 Å². The summed E-state index contributed by atoms with van der Waals surface area (Å²) in [7, 11) is 0. The molecule has 0 fully saturated rings. The van der Waals surface area contributed by atoms with Gasteiger partial charge in [-0.15, -0.1) is 11.8 Å². The quantitative estimate of drug-likeness (QED) is 0.846. The van der Waals surface area contributed by atoms with Crippen LogP contribution in [-0.2, 0) is 17.0 Å². The van der Waals surface area contributed by atoms with E-state index in [2.05, 4.69) is 36.5 Å². The van der Waals surface area contributed by atoms with Gasteiger partial charge in [-0.25, -0.2) is 0 Å². The highest BCUT2D eigenvalue weighted by Crippen LogP contribution is 2.15. The number of aryl methyl sites for hydroxylation is 1. The van der Waals surface area contributed by atoms with Gasteiger partial charge in [0.1, 0.15) is 0 Å². The van der Waals surface area contributed by atoms with E-state index in [1.165, 1.54) is 16.7 Å². The Morgan fingerprint density at radius 3 is 2.52 bits per heavy atom. The summed E-state index contributed by atoms with van der Waals surface area (Å²) >= 11 is 1.66. The Kier molecular flexibility index (Phi) is 6.35. The molecule has 0 bridgehead atoms. The maximum Gasteiger partial charge on any atom is 0.230 e. The van der Waals surface area contributed by atoms with Crippen molar-refractivity contribution in [2.75, 3.05) is 12.3 Å². The lowest BCUT2D eigenvalue weighted by atomic mass is 10.1. The molecule has 0 aliphatic heterocycles. The Bertz CT molecular complexity index is 568. The maximum atomic E-state index is 11.8. The standard InChI is InChI=1S/C18H21NOS/c1-15-7-5-6-10-17(15)13-21-14-18(20)19-12-11-16-8-3-2-4-9-16/h2-10H,11-14H2,1H3,(H,19,20). The van der Waals surface area contributed by atoms with E-state index in [4.69, 9.17) is 0 Å². The molecular weight excluding hydrogens is 278 g/mol. The van der Waals surface area contributed by atoms with Crippen molar-refractivity contribution in [3.63, 3.8) is 0 Å². The monoisotopic (exact) mass is 299 g/mol. The molecule has 0 aliphatic carbocycles. The largest absolute Gasteiger partial charge is 0.355 e. The molecule has 0 saturated carbocycles. The molecule has 2 aromatic carbocycles. The van der Waals surface area contributed by atoms with E-state index in [0.717, 1.165) is 12.2 Å². The summed E-state index contributed by atoms with van der Waals surface area (Å²) in [6.07, 6.45) is 0.884. The number of rotatable bonds is 7. The van der Waals surface area contributed by atoms with E-state index in [1.807, 2.05) is 30.3 Å². The highest BCUT2D eigenvalue weighted by atomic mass is 32.2. The second-order valence-corrected chi connectivity index (χ2v) is 5.99. The molecule has 0 unspecified atom stereocenters. The molecule has 0 aromatic heterocycles. The third-order valence-corrected chi connectivity index (χ3v) is 4.31. The summed E-state index contributed by atoms with van der Waals surface area (Å²) in [6, 6.07) is 18.5. The minimum atomic E-state index is 0.115. The molecule has 1 amide bonds. The van der Waals surface area contributed by atoms with Crippen LogP contribution in [0, 0.1) is 6.92 Å². The first-order chi connectivity index (χ1) is 10.3. The second-order valence-electron chi connectivity index (χ2n) is 5.00. The van der Waals surface area contributed by atoms with Crippen LogP contribution in [-0.4, -0.2) is 18.2 Å². The minimum absolute atomic E-state index is 0.115. The van der Waals surface area contributed by atoms with Crippen LogP contribution in [0.2, 0.25) is 0 Å². The average Bonchev–Trinajstić information content (AvgIpc) is 2.50. The fourth-order valence-electron chi connectivity index (χ4n) is 2.07. The van der Waals surface area contributed by atoms with Gasteiger partial charge in [0.05, 0.1) is 5.75 Å². The van der Waals surface area contributed by atoms with Gasteiger partial charge in [-0.1, -0.05) is 54.6 Å². The van der Waals surface area contributed by atoms with Gasteiger partial charge in [0.2, 0.25) is 5.91 Å². The van der Waals surface area contributed by atoms with Crippen molar-refractivity contribution in [3.05, 3.63) is 71.3 Å². The molecule has 0 aliphatic rings. The molecule has 0 heterocycles. The predicted molar refractivity (Wildman–Crippen MR) is 90.5 cm³/mol. The van der Waals surface area contributed by atoms with Crippen molar-refractivity contribution >= 4 is 17.7 Å². The molecule has 3 heteroatoms. The number of benzene rings is 2. The van der Waals surface area contributed by atoms with Gasteiger partial charge < -0.3 is 5.32 Å². The van der Waals surface area contributed by atoms with E-state index in [0.29, 0.717) is 12.3 Å². The van der Waals surface area contributed by atoms with Crippen LogP contribution in [0.1, 0.15) is 16.7 Å². The first-order valence-corrected chi connectivity index (χ1v) is 8.34. The Labute approximate surface area is 131 Å². The topological polar surface area (TPSA) is 29.1 Å². The third-order valence-electron chi connectivity index (χ3n) is 3.33. The number of thioether (sulfide) groups is 1. The Balaban J connectivity index is 1.63. The van der Waals surface area contributed by atoms with Crippen LogP contribution in [0.4, 0.5) is 0 Å². The SMILES string of the molecule is Cc1ccccc1CSCC(=O)NCCc1ccccc1. The van der Waals surface area contributed by atoms with Gasteiger partial charge in [0.15, 0.2) is 0 Å². The lowest BCUT2D eigenvalue weighted by Gasteiger charge is -2.07. The van der Waals surface area contributed by atoms with Gasteiger partial charge in [0.25, 0.3) is 0 Å². The highest BCUT2D eigenvalue weighted by molar-refractivity contribution is 7.99. The second kappa shape index (κ2) is 8.53. The number of nitrogens with one attached hydrogen (secondary N) is 1. The molecule has 0 radical (unpaired) electrons. The molecule has 2 aromatic rings. The van der Waals surface area contributed by atoms with Gasteiger partial charge in [-0.3, -0.25) is 4.79 Å². The van der Waals surface area contributed by atoms with Crippen LogP contribution in [0.5, 0.6) is 0 Å². The van der Waals surface area contributed by atoms with Gasteiger partial charge in [-0.05, 0) is 30.0 Å². The van der Waals surface area contributed by atoms with Crippen LogP contribution >= 0.6 is 11.8 Å². The Morgan fingerprint density at radius 1 is 1.05 bits per heavy atom. The molecule has 2 nitrogen and oxygen atoms in total. The highest BCUT2D eigenvalue weighted by Gasteiger charge is 2.03. The van der Waals surface area contributed by atoms with Crippen LogP contribution < -0.4 is 5.32 Å². The van der Waals surface area contributed by atoms with Crippen molar-refractivity contribution in [1.82, 2.24) is 5.32 Å². The van der Waals surface area contributed by atoms with Crippen molar-refractivity contribution < 1.29 is 4.79 Å². The normalized spacial score (nSPS) is 10.3. The van der Waals surface area contributed by atoms with Crippen molar-refractivity contribution in [2.45, 2.75) is 19.1 Å². The van der Waals surface area contributed by atoms with Crippen LogP contribution in [0.3, 0.4) is 0 Å². The van der Waals surface area contributed by atoms with Crippen molar-refractivity contribution in [2.24, 2.45) is 0 Å². The fourth-order valence-corrected chi connectivity index (χ4v) is 3.00.